The van der Waals surface area contributed by atoms with E-state index in [1.165, 1.54) is 6.42 Å². The zero-order valence-electron chi connectivity index (χ0n) is 12.0. The Morgan fingerprint density at radius 3 is 2.95 bits per heavy atom. The lowest BCUT2D eigenvalue weighted by atomic mass is 10.1. The van der Waals surface area contributed by atoms with E-state index in [9.17, 15) is 0 Å². The van der Waals surface area contributed by atoms with E-state index in [2.05, 4.69) is 30.4 Å². The van der Waals surface area contributed by atoms with E-state index in [1.807, 2.05) is 0 Å². The van der Waals surface area contributed by atoms with E-state index in [-0.39, 0.29) is 6.10 Å². The van der Waals surface area contributed by atoms with Crippen LogP contribution in [0.5, 0.6) is 0 Å². The molecule has 1 aromatic rings. The van der Waals surface area contributed by atoms with Crippen LogP contribution in [0.3, 0.4) is 0 Å². The molecule has 2 unspecified atom stereocenters. The van der Waals surface area contributed by atoms with Crippen molar-refractivity contribution in [3.63, 3.8) is 0 Å². The first kappa shape index (κ1) is 15.6. The first-order valence-corrected chi connectivity index (χ1v) is 8.41. The molecule has 1 saturated carbocycles. The van der Waals surface area contributed by atoms with Gasteiger partial charge in [0, 0.05) is 23.3 Å². The molecule has 1 fully saturated rings. The van der Waals surface area contributed by atoms with Gasteiger partial charge >= 0.3 is 0 Å². The molecule has 20 heavy (non-hydrogen) atoms. The Morgan fingerprint density at radius 1 is 1.50 bits per heavy atom. The van der Waals surface area contributed by atoms with Gasteiger partial charge in [-0.1, -0.05) is 25.2 Å². The molecule has 2 rings (SSSR count). The van der Waals surface area contributed by atoms with Crippen LogP contribution in [0, 0.1) is 0 Å². The Balaban J connectivity index is 2.26. The second-order valence-corrected chi connectivity index (χ2v) is 6.68. The molecule has 1 aliphatic rings. The van der Waals surface area contributed by atoms with Crippen molar-refractivity contribution in [3.8, 4) is 0 Å². The Bertz CT molecular complexity index is 479. The quantitative estimate of drug-likeness (QED) is 0.623. The second-order valence-electron chi connectivity index (χ2n) is 4.93. The van der Waals surface area contributed by atoms with E-state index in [0.29, 0.717) is 11.0 Å². The van der Waals surface area contributed by atoms with Crippen molar-refractivity contribution in [1.82, 2.24) is 0 Å². The summed E-state index contributed by atoms with van der Waals surface area (Å²) in [5, 5.41) is 3.58. The Labute approximate surface area is 130 Å². The number of thioether (sulfide) groups is 1. The average molecular weight is 310 g/mol. The highest BCUT2D eigenvalue weighted by atomic mass is 32.2. The van der Waals surface area contributed by atoms with Crippen molar-refractivity contribution in [2.24, 2.45) is 5.73 Å². The van der Waals surface area contributed by atoms with Crippen molar-refractivity contribution in [2.75, 3.05) is 18.2 Å². The molecule has 3 N–H and O–H groups in total. The van der Waals surface area contributed by atoms with Crippen LogP contribution in [0.25, 0.3) is 0 Å². The zero-order chi connectivity index (χ0) is 14.5. The fraction of sp³-hybridized carbons (Fsp3) is 0.533. The predicted molar refractivity (Wildman–Crippen MR) is 90.8 cm³/mol. The summed E-state index contributed by atoms with van der Waals surface area (Å²) in [6.45, 7) is 2.13. The topological polar surface area (TPSA) is 47.3 Å². The molecular formula is C15H22N2OS2. The Morgan fingerprint density at radius 2 is 2.30 bits per heavy atom. The van der Waals surface area contributed by atoms with Gasteiger partial charge in [0.15, 0.2) is 0 Å². The predicted octanol–water partition coefficient (Wildman–Crippen LogP) is 3.41. The van der Waals surface area contributed by atoms with Gasteiger partial charge in [-0.15, -0.1) is 11.8 Å². The van der Waals surface area contributed by atoms with Crippen molar-refractivity contribution >= 4 is 34.7 Å². The van der Waals surface area contributed by atoms with E-state index in [1.54, 1.807) is 18.9 Å². The van der Waals surface area contributed by atoms with E-state index < -0.39 is 0 Å². The number of rotatable bonds is 6. The van der Waals surface area contributed by atoms with E-state index >= 15 is 0 Å². The third-order valence-electron chi connectivity index (χ3n) is 3.67. The van der Waals surface area contributed by atoms with Gasteiger partial charge in [-0.05, 0) is 37.1 Å². The molecular weight excluding hydrogens is 288 g/mol. The highest BCUT2D eigenvalue weighted by Gasteiger charge is 2.27. The highest BCUT2D eigenvalue weighted by Crippen LogP contribution is 2.31. The van der Waals surface area contributed by atoms with Crippen LogP contribution >= 0.6 is 24.0 Å². The molecule has 2 atom stereocenters. The lowest BCUT2D eigenvalue weighted by Crippen LogP contribution is -2.30. The number of hydrogen-bond acceptors (Lipinski definition) is 4. The molecule has 3 nitrogen and oxygen atoms in total. The molecule has 5 heteroatoms. The molecule has 0 heterocycles. The molecule has 0 bridgehead atoms. The molecule has 0 saturated heterocycles. The molecule has 1 aromatic carbocycles. The lowest BCUT2D eigenvalue weighted by Gasteiger charge is -2.23. The van der Waals surface area contributed by atoms with Crippen LogP contribution in [0.15, 0.2) is 23.1 Å². The van der Waals surface area contributed by atoms with Crippen LogP contribution in [0.1, 0.15) is 31.7 Å². The number of methoxy groups -OCH3 is 1. The lowest BCUT2D eigenvalue weighted by molar-refractivity contribution is 0.101. The summed E-state index contributed by atoms with van der Waals surface area (Å²) in [7, 11) is 1.78. The minimum atomic E-state index is 0.275. The fourth-order valence-corrected chi connectivity index (χ4v) is 3.89. The largest absolute Gasteiger partial charge is 0.389 e. The van der Waals surface area contributed by atoms with Gasteiger partial charge in [-0.2, -0.15) is 0 Å². The van der Waals surface area contributed by atoms with Gasteiger partial charge < -0.3 is 15.8 Å². The summed E-state index contributed by atoms with van der Waals surface area (Å²) in [4.78, 5) is 1.60. The van der Waals surface area contributed by atoms with Crippen LogP contribution < -0.4 is 11.1 Å². The smallest absolute Gasteiger partial charge is 0.107 e. The Kier molecular flexibility index (Phi) is 5.69. The second kappa shape index (κ2) is 7.29. The van der Waals surface area contributed by atoms with Crippen molar-refractivity contribution in [3.05, 3.63) is 23.8 Å². The molecule has 0 amide bonds. The number of anilines is 1. The minimum absolute atomic E-state index is 0.275. The number of nitrogens with one attached hydrogen (secondary N) is 1. The molecule has 0 aromatic heterocycles. The van der Waals surface area contributed by atoms with Crippen molar-refractivity contribution in [2.45, 2.75) is 43.2 Å². The van der Waals surface area contributed by atoms with Gasteiger partial charge in [0.05, 0.1) is 12.1 Å². The van der Waals surface area contributed by atoms with Gasteiger partial charge in [-0.3, -0.25) is 0 Å². The van der Waals surface area contributed by atoms with Crippen LogP contribution in [0.4, 0.5) is 5.69 Å². The third-order valence-corrected chi connectivity index (χ3v) is 4.81. The summed E-state index contributed by atoms with van der Waals surface area (Å²) in [6.07, 6.45) is 3.71. The standard InChI is InChI=1S/C15H22N2OS2/c1-3-20-13-9-5-7-11(14(13)15(16)19)17-10-6-4-8-12(10)18-2/h5,7,9-10,12,17H,3-4,6,8H2,1-2H3,(H2,16,19). The SMILES string of the molecule is CCSc1cccc(NC2CCCC2OC)c1C(N)=S. The molecule has 110 valence electrons. The molecule has 1 aliphatic carbocycles. The average Bonchev–Trinajstić information content (AvgIpc) is 2.86. The summed E-state index contributed by atoms with van der Waals surface area (Å²) in [6, 6.07) is 6.53. The van der Waals surface area contributed by atoms with Gasteiger partial charge in [-0.25, -0.2) is 0 Å². The number of nitrogens with two attached hydrogens (primary N) is 1. The van der Waals surface area contributed by atoms with Gasteiger partial charge in [0.25, 0.3) is 0 Å². The Hall–Kier alpha value is -0.780. The highest BCUT2D eigenvalue weighted by molar-refractivity contribution is 7.99. The van der Waals surface area contributed by atoms with Crippen LogP contribution in [-0.4, -0.2) is 30.0 Å². The minimum Gasteiger partial charge on any atom is -0.389 e. The summed E-state index contributed by atoms with van der Waals surface area (Å²) < 4.78 is 5.54. The van der Waals surface area contributed by atoms with Crippen molar-refractivity contribution in [1.29, 1.82) is 0 Å². The van der Waals surface area contributed by atoms with Crippen molar-refractivity contribution < 1.29 is 4.74 Å². The first-order valence-electron chi connectivity index (χ1n) is 7.02. The first-order chi connectivity index (χ1) is 9.67. The van der Waals surface area contributed by atoms with E-state index in [4.69, 9.17) is 22.7 Å². The monoisotopic (exact) mass is 310 g/mol. The van der Waals surface area contributed by atoms with E-state index in [0.717, 1.165) is 34.7 Å². The number of hydrogen-bond donors (Lipinski definition) is 2. The number of ether oxygens (including phenoxy) is 1. The maximum atomic E-state index is 5.93. The molecule has 0 radical (unpaired) electrons. The number of thiocarbonyl (C=S) groups is 1. The van der Waals surface area contributed by atoms with Gasteiger partial charge in [0.1, 0.15) is 4.99 Å². The maximum absolute atomic E-state index is 5.93. The summed E-state index contributed by atoms with van der Waals surface area (Å²) in [5.41, 5.74) is 7.93. The summed E-state index contributed by atoms with van der Waals surface area (Å²) in [5.74, 6) is 1.00. The van der Waals surface area contributed by atoms with Crippen LogP contribution in [-0.2, 0) is 4.74 Å². The fourth-order valence-electron chi connectivity index (χ4n) is 2.75. The maximum Gasteiger partial charge on any atom is 0.107 e. The molecule has 0 aliphatic heterocycles. The van der Waals surface area contributed by atoms with Crippen LogP contribution in [0.2, 0.25) is 0 Å². The third kappa shape index (κ3) is 3.45. The number of benzene rings is 1. The normalized spacial score (nSPS) is 21.9. The van der Waals surface area contributed by atoms with Gasteiger partial charge in [0.2, 0.25) is 0 Å². The zero-order valence-corrected chi connectivity index (χ0v) is 13.7. The summed E-state index contributed by atoms with van der Waals surface area (Å²) >= 11 is 7.01. The molecule has 0 spiro atoms.